The van der Waals surface area contributed by atoms with Crippen LogP contribution in [-0.4, -0.2) is 30.5 Å². The van der Waals surface area contributed by atoms with Crippen LogP contribution in [0.15, 0.2) is 22.0 Å². The summed E-state index contributed by atoms with van der Waals surface area (Å²) in [5, 5.41) is 2.41. The van der Waals surface area contributed by atoms with Gasteiger partial charge in [-0.3, -0.25) is 0 Å². The van der Waals surface area contributed by atoms with Crippen LogP contribution in [0.4, 0.5) is 32.0 Å². The Kier molecular flexibility index (Phi) is 7.10. The summed E-state index contributed by atoms with van der Waals surface area (Å²) in [6.45, 7) is 2.28. The molecule has 2 rings (SSSR count). The Hall–Kier alpha value is -1.38. The fraction of sp³-hybridized carbons (Fsp3) is 0.611. The van der Waals surface area contributed by atoms with Gasteiger partial charge in [-0.2, -0.15) is 26.3 Å². The van der Waals surface area contributed by atoms with Gasteiger partial charge in [0.1, 0.15) is 12.4 Å². The smallest absolute Gasteiger partial charge is 0.364 e. The molecule has 1 aromatic rings. The fourth-order valence-corrected chi connectivity index (χ4v) is 3.85. The topological polar surface area (TPSA) is 24.4 Å². The van der Waals surface area contributed by atoms with Gasteiger partial charge in [0, 0.05) is 10.8 Å². The van der Waals surface area contributed by atoms with Crippen molar-refractivity contribution in [1.29, 1.82) is 0 Å². The lowest BCUT2D eigenvalue weighted by Gasteiger charge is -2.18. The van der Waals surface area contributed by atoms with Crippen molar-refractivity contribution < 1.29 is 26.3 Å². The predicted molar refractivity (Wildman–Crippen MR) is 95.8 cm³/mol. The lowest BCUT2D eigenvalue weighted by atomic mass is 10.1. The zero-order chi connectivity index (χ0) is 20.2. The third kappa shape index (κ3) is 7.27. The molecule has 1 fully saturated rings. The average molecular weight is 412 g/mol. The zero-order valence-electron chi connectivity index (χ0n) is 15.1. The molecule has 1 aliphatic rings. The number of alkyl halides is 6. The van der Waals surface area contributed by atoms with Crippen LogP contribution in [0.5, 0.6) is 0 Å². The number of aryl methyl sites for hydroxylation is 2. The molecule has 1 saturated carbocycles. The van der Waals surface area contributed by atoms with Gasteiger partial charge in [-0.05, 0) is 43.9 Å². The van der Waals surface area contributed by atoms with Gasteiger partial charge in [-0.25, -0.2) is 4.99 Å². The summed E-state index contributed by atoms with van der Waals surface area (Å²) >= 11 is 0.659. The highest BCUT2D eigenvalue weighted by molar-refractivity contribution is 7.99. The molecule has 152 valence electrons. The number of halogens is 6. The minimum atomic E-state index is -4.37. The molecule has 0 radical (unpaired) electrons. The summed E-state index contributed by atoms with van der Waals surface area (Å²) in [4.78, 5) is 4.83. The lowest BCUT2D eigenvalue weighted by molar-refractivity contribution is -0.122. The highest BCUT2D eigenvalue weighted by atomic mass is 32.2. The minimum absolute atomic E-state index is 0.0840. The summed E-state index contributed by atoms with van der Waals surface area (Å²) in [6, 6.07) is 3.25. The van der Waals surface area contributed by atoms with Crippen molar-refractivity contribution in [2.24, 2.45) is 10.9 Å². The Morgan fingerprint density at radius 1 is 1.04 bits per heavy atom. The normalized spacial score (nSPS) is 16.8. The molecule has 1 N–H and O–H groups in total. The molecule has 2 nitrogen and oxygen atoms in total. The van der Waals surface area contributed by atoms with E-state index in [1.54, 1.807) is 19.9 Å². The van der Waals surface area contributed by atoms with Gasteiger partial charge in [0.25, 0.3) is 0 Å². The molecule has 0 unspecified atom stereocenters. The summed E-state index contributed by atoms with van der Waals surface area (Å²) in [5.41, 5.74) is 1.81. The van der Waals surface area contributed by atoms with E-state index in [0.29, 0.717) is 33.5 Å². The van der Waals surface area contributed by atoms with Crippen LogP contribution in [0.1, 0.15) is 36.8 Å². The van der Waals surface area contributed by atoms with Gasteiger partial charge in [-0.1, -0.05) is 18.9 Å². The van der Waals surface area contributed by atoms with E-state index in [-0.39, 0.29) is 11.8 Å². The van der Waals surface area contributed by atoms with Crippen LogP contribution in [0.3, 0.4) is 0 Å². The number of amidine groups is 1. The molecule has 0 saturated heterocycles. The Bertz CT molecular complexity index is 676. The van der Waals surface area contributed by atoms with Crippen LogP contribution in [0.2, 0.25) is 0 Å². The van der Waals surface area contributed by atoms with Crippen molar-refractivity contribution in [3.05, 3.63) is 23.3 Å². The highest BCUT2D eigenvalue weighted by Gasteiger charge is 2.30. The fourth-order valence-electron chi connectivity index (χ4n) is 3.05. The van der Waals surface area contributed by atoms with Gasteiger partial charge >= 0.3 is 12.4 Å². The van der Waals surface area contributed by atoms with Crippen LogP contribution in [0.25, 0.3) is 0 Å². The van der Waals surface area contributed by atoms with E-state index in [4.69, 9.17) is 0 Å². The number of hydrogen-bond acceptors (Lipinski definition) is 2. The van der Waals surface area contributed by atoms with Crippen molar-refractivity contribution in [2.45, 2.75) is 56.8 Å². The Morgan fingerprint density at radius 3 is 2.22 bits per heavy atom. The second kappa shape index (κ2) is 8.75. The molecule has 0 spiro atoms. The number of aliphatic imine (C=N–C) groups is 1. The SMILES string of the molecule is Cc1cc(C)c(SCC(F)(F)F)cc1/N=C(\NCC(F)(F)F)C1CCCC1. The monoisotopic (exact) mass is 412 g/mol. The zero-order valence-corrected chi connectivity index (χ0v) is 15.9. The second-order valence-electron chi connectivity index (χ2n) is 6.76. The first-order valence-corrected chi connectivity index (χ1v) is 9.63. The van der Waals surface area contributed by atoms with Gasteiger partial charge in [0.05, 0.1) is 11.4 Å². The van der Waals surface area contributed by atoms with Crippen LogP contribution in [0, 0.1) is 19.8 Å². The molecular weight excluding hydrogens is 390 g/mol. The average Bonchev–Trinajstić information content (AvgIpc) is 3.04. The quantitative estimate of drug-likeness (QED) is 0.265. The van der Waals surface area contributed by atoms with E-state index in [1.165, 1.54) is 6.07 Å². The number of nitrogens with zero attached hydrogens (tertiary/aromatic N) is 1. The van der Waals surface area contributed by atoms with Crippen molar-refractivity contribution in [3.63, 3.8) is 0 Å². The highest BCUT2D eigenvalue weighted by Crippen LogP contribution is 2.35. The minimum Gasteiger partial charge on any atom is -0.364 e. The summed E-state index contributed by atoms with van der Waals surface area (Å²) in [7, 11) is 0. The van der Waals surface area contributed by atoms with E-state index in [2.05, 4.69) is 10.3 Å². The van der Waals surface area contributed by atoms with Crippen LogP contribution >= 0.6 is 11.8 Å². The summed E-state index contributed by atoms with van der Waals surface area (Å²) < 4.78 is 75.4. The van der Waals surface area contributed by atoms with E-state index in [9.17, 15) is 26.3 Å². The first-order valence-electron chi connectivity index (χ1n) is 8.64. The molecule has 0 aromatic heterocycles. The number of rotatable bonds is 5. The molecule has 1 aliphatic carbocycles. The molecule has 9 heteroatoms. The first kappa shape index (κ1) is 21.9. The number of hydrogen-bond donors (Lipinski definition) is 1. The first-order chi connectivity index (χ1) is 12.4. The molecule has 1 aromatic carbocycles. The van der Waals surface area contributed by atoms with Crippen LogP contribution < -0.4 is 5.32 Å². The van der Waals surface area contributed by atoms with Crippen LogP contribution in [-0.2, 0) is 0 Å². The largest absolute Gasteiger partial charge is 0.405 e. The predicted octanol–water partition coefficient (Wildman–Crippen LogP) is 6.33. The number of benzene rings is 1. The molecule has 0 heterocycles. The van der Waals surface area contributed by atoms with Gasteiger partial charge in [0.2, 0.25) is 0 Å². The molecular formula is C18H22F6N2S. The number of thioether (sulfide) groups is 1. The maximum Gasteiger partial charge on any atom is 0.405 e. The van der Waals surface area contributed by atoms with Gasteiger partial charge < -0.3 is 5.32 Å². The second-order valence-corrected chi connectivity index (χ2v) is 7.77. The molecule has 27 heavy (non-hydrogen) atoms. The molecule has 0 amide bonds. The Morgan fingerprint density at radius 2 is 1.67 bits per heavy atom. The van der Waals surface area contributed by atoms with Crippen molar-refractivity contribution in [3.8, 4) is 0 Å². The standard InChI is InChI=1S/C18H22F6N2S/c1-11-7-12(2)15(27-10-18(22,23)24)8-14(11)26-16(13-5-3-4-6-13)25-9-17(19,20)21/h7-8,13H,3-6,9-10H2,1-2H3,(H,25,26). The lowest BCUT2D eigenvalue weighted by Crippen LogP contribution is -2.37. The maximum absolute atomic E-state index is 12.6. The van der Waals surface area contributed by atoms with Crippen molar-refractivity contribution >= 4 is 23.3 Å². The van der Waals surface area contributed by atoms with Gasteiger partial charge in [-0.15, -0.1) is 11.8 Å². The maximum atomic E-state index is 12.6. The van der Waals surface area contributed by atoms with Crippen molar-refractivity contribution in [1.82, 2.24) is 5.32 Å². The summed E-state index contributed by atoms with van der Waals surface area (Å²) in [5.74, 6) is -0.843. The molecule has 0 aliphatic heterocycles. The van der Waals surface area contributed by atoms with Crippen molar-refractivity contribution in [2.75, 3.05) is 12.3 Å². The number of nitrogens with one attached hydrogen (secondary N) is 1. The molecule has 0 atom stereocenters. The third-order valence-electron chi connectivity index (χ3n) is 4.34. The molecule has 0 bridgehead atoms. The Balaban J connectivity index is 2.30. The van der Waals surface area contributed by atoms with E-state index in [0.717, 1.165) is 25.7 Å². The van der Waals surface area contributed by atoms with Gasteiger partial charge in [0.15, 0.2) is 0 Å². The summed E-state index contributed by atoms with van der Waals surface area (Å²) in [6.07, 6.45) is -5.30. The van der Waals surface area contributed by atoms with E-state index in [1.807, 2.05) is 0 Å². The third-order valence-corrected chi connectivity index (χ3v) is 5.56. The van der Waals surface area contributed by atoms with E-state index >= 15 is 0 Å². The van der Waals surface area contributed by atoms with E-state index < -0.39 is 24.7 Å². The Labute approximate surface area is 158 Å².